The SMILES string of the molecule is CN=C(NCc1cccc(C)c1)NCc1cccc(OCC(=O)N(C)C)c1.I. The Kier molecular flexibility index (Phi) is 10.4. The Labute approximate surface area is 184 Å². The van der Waals surface area contributed by atoms with Gasteiger partial charge in [0.1, 0.15) is 5.75 Å². The molecule has 28 heavy (non-hydrogen) atoms. The topological polar surface area (TPSA) is 66.0 Å². The number of hydrogen-bond donors (Lipinski definition) is 2. The fourth-order valence-corrected chi connectivity index (χ4v) is 2.43. The van der Waals surface area contributed by atoms with E-state index in [-0.39, 0.29) is 36.5 Å². The van der Waals surface area contributed by atoms with Crippen molar-refractivity contribution >= 4 is 35.8 Å². The predicted octanol–water partition coefficient (Wildman–Crippen LogP) is 2.95. The van der Waals surface area contributed by atoms with Crippen molar-refractivity contribution in [2.45, 2.75) is 20.0 Å². The molecule has 0 bridgehead atoms. The summed E-state index contributed by atoms with van der Waals surface area (Å²) in [4.78, 5) is 17.4. The zero-order valence-corrected chi connectivity index (χ0v) is 19.2. The van der Waals surface area contributed by atoms with Crippen LogP contribution in [0.25, 0.3) is 0 Å². The minimum absolute atomic E-state index is 0. The summed E-state index contributed by atoms with van der Waals surface area (Å²) in [5, 5.41) is 6.60. The number of aliphatic imine (C=N–C) groups is 1. The van der Waals surface area contributed by atoms with Crippen LogP contribution in [0, 0.1) is 6.92 Å². The lowest BCUT2D eigenvalue weighted by molar-refractivity contribution is -0.130. The zero-order chi connectivity index (χ0) is 19.6. The number of guanidine groups is 1. The van der Waals surface area contributed by atoms with Crippen molar-refractivity contribution < 1.29 is 9.53 Å². The van der Waals surface area contributed by atoms with Gasteiger partial charge in [0.05, 0.1) is 0 Å². The number of nitrogens with one attached hydrogen (secondary N) is 2. The summed E-state index contributed by atoms with van der Waals surface area (Å²) < 4.78 is 5.55. The largest absolute Gasteiger partial charge is 0.484 e. The molecule has 0 heterocycles. The van der Waals surface area contributed by atoms with E-state index in [2.05, 4.69) is 46.8 Å². The van der Waals surface area contributed by atoms with E-state index in [9.17, 15) is 4.79 Å². The summed E-state index contributed by atoms with van der Waals surface area (Å²) in [7, 11) is 5.17. The third-order valence-electron chi connectivity index (χ3n) is 3.99. The first kappa shape index (κ1) is 23.7. The first-order chi connectivity index (χ1) is 13.0. The lowest BCUT2D eigenvalue weighted by Gasteiger charge is -2.14. The lowest BCUT2D eigenvalue weighted by atomic mass is 10.1. The van der Waals surface area contributed by atoms with Crippen molar-refractivity contribution in [3.63, 3.8) is 0 Å². The number of halogens is 1. The minimum Gasteiger partial charge on any atom is -0.484 e. The second-order valence-electron chi connectivity index (χ2n) is 6.49. The second-order valence-corrected chi connectivity index (χ2v) is 6.49. The molecule has 6 nitrogen and oxygen atoms in total. The molecule has 2 N–H and O–H groups in total. The molecule has 0 atom stereocenters. The van der Waals surface area contributed by atoms with E-state index in [0.717, 1.165) is 11.5 Å². The van der Waals surface area contributed by atoms with Crippen LogP contribution in [-0.2, 0) is 17.9 Å². The number of nitrogens with zero attached hydrogens (tertiary/aromatic N) is 2. The molecule has 2 rings (SSSR count). The first-order valence-corrected chi connectivity index (χ1v) is 8.90. The molecule has 0 radical (unpaired) electrons. The van der Waals surface area contributed by atoms with E-state index in [0.29, 0.717) is 18.8 Å². The van der Waals surface area contributed by atoms with Gasteiger partial charge in [0.25, 0.3) is 5.91 Å². The monoisotopic (exact) mass is 496 g/mol. The Morgan fingerprint density at radius 1 is 1.04 bits per heavy atom. The molecular weight excluding hydrogens is 467 g/mol. The highest BCUT2D eigenvalue weighted by atomic mass is 127. The summed E-state index contributed by atoms with van der Waals surface area (Å²) in [6, 6.07) is 16.0. The Morgan fingerprint density at radius 2 is 1.64 bits per heavy atom. The molecule has 152 valence electrons. The average molecular weight is 496 g/mol. The van der Waals surface area contributed by atoms with Gasteiger partial charge in [-0.25, -0.2) is 0 Å². The van der Waals surface area contributed by atoms with Gasteiger partial charge in [0.2, 0.25) is 0 Å². The summed E-state index contributed by atoms with van der Waals surface area (Å²) >= 11 is 0. The number of ether oxygens (including phenoxy) is 1. The summed E-state index contributed by atoms with van der Waals surface area (Å²) in [6.45, 7) is 3.42. The molecule has 0 aliphatic heterocycles. The molecule has 0 spiro atoms. The number of rotatable bonds is 7. The van der Waals surface area contributed by atoms with E-state index in [1.807, 2.05) is 24.3 Å². The predicted molar refractivity (Wildman–Crippen MR) is 124 cm³/mol. The molecule has 0 fully saturated rings. The van der Waals surface area contributed by atoms with Gasteiger partial charge in [-0.1, -0.05) is 42.0 Å². The average Bonchev–Trinajstić information content (AvgIpc) is 2.66. The molecule has 0 aliphatic rings. The third kappa shape index (κ3) is 8.16. The van der Waals surface area contributed by atoms with Crippen LogP contribution in [0.1, 0.15) is 16.7 Å². The molecular formula is C21H29IN4O2. The van der Waals surface area contributed by atoms with E-state index >= 15 is 0 Å². The standard InChI is InChI=1S/C21H28N4O2.HI/c1-16-7-5-8-17(11-16)13-23-21(22-2)24-14-18-9-6-10-19(12-18)27-15-20(26)25(3)4;/h5-12H,13-15H2,1-4H3,(H2,22,23,24);1H. The van der Waals surface area contributed by atoms with Crippen LogP contribution in [0.2, 0.25) is 0 Å². The summed E-state index contributed by atoms with van der Waals surface area (Å²) in [5.74, 6) is 1.33. The summed E-state index contributed by atoms with van der Waals surface area (Å²) in [6.07, 6.45) is 0. The van der Waals surface area contributed by atoms with Gasteiger partial charge in [-0.15, -0.1) is 24.0 Å². The van der Waals surface area contributed by atoms with Crippen molar-refractivity contribution in [2.75, 3.05) is 27.7 Å². The van der Waals surface area contributed by atoms with Gasteiger partial charge < -0.3 is 20.3 Å². The normalized spacial score (nSPS) is 10.6. The number of likely N-dealkylation sites (N-methyl/N-ethyl adjacent to an activating group) is 1. The highest BCUT2D eigenvalue weighted by Crippen LogP contribution is 2.13. The van der Waals surface area contributed by atoms with Crippen molar-refractivity contribution in [2.24, 2.45) is 4.99 Å². The molecule has 1 amide bonds. The van der Waals surface area contributed by atoms with Crippen LogP contribution in [0.3, 0.4) is 0 Å². The van der Waals surface area contributed by atoms with Crippen LogP contribution < -0.4 is 15.4 Å². The highest BCUT2D eigenvalue weighted by molar-refractivity contribution is 14.0. The number of benzene rings is 2. The fourth-order valence-electron chi connectivity index (χ4n) is 2.43. The van der Waals surface area contributed by atoms with E-state index in [1.165, 1.54) is 16.0 Å². The van der Waals surface area contributed by atoms with Gasteiger partial charge in [-0.05, 0) is 30.2 Å². The number of carbonyl (C=O) groups excluding carboxylic acids is 1. The molecule has 7 heteroatoms. The number of aryl methyl sites for hydroxylation is 1. The van der Waals surface area contributed by atoms with Gasteiger partial charge in [0.15, 0.2) is 12.6 Å². The van der Waals surface area contributed by atoms with Crippen LogP contribution in [-0.4, -0.2) is 44.5 Å². The van der Waals surface area contributed by atoms with Crippen LogP contribution in [0.4, 0.5) is 0 Å². The van der Waals surface area contributed by atoms with Crippen LogP contribution >= 0.6 is 24.0 Å². The van der Waals surface area contributed by atoms with E-state index < -0.39 is 0 Å². The van der Waals surface area contributed by atoms with Crippen LogP contribution in [0.5, 0.6) is 5.75 Å². The molecule has 0 unspecified atom stereocenters. The maximum atomic E-state index is 11.6. The lowest BCUT2D eigenvalue weighted by Crippen LogP contribution is -2.36. The first-order valence-electron chi connectivity index (χ1n) is 8.90. The van der Waals surface area contributed by atoms with Gasteiger partial charge in [-0.3, -0.25) is 9.79 Å². The Hall–Kier alpha value is -2.29. The van der Waals surface area contributed by atoms with Crippen molar-refractivity contribution in [1.82, 2.24) is 15.5 Å². The van der Waals surface area contributed by atoms with Crippen molar-refractivity contribution in [1.29, 1.82) is 0 Å². The van der Waals surface area contributed by atoms with Gasteiger partial charge in [0, 0.05) is 34.2 Å². The zero-order valence-electron chi connectivity index (χ0n) is 16.9. The molecule has 2 aromatic rings. The minimum atomic E-state index is -0.0701. The number of hydrogen-bond acceptors (Lipinski definition) is 3. The van der Waals surface area contributed by atoms with Crippen LogP contribution in [0.15, 0.2) is 53.5 Å². The Morgan fingerprint density at radius 3 is 2.21 bits per heavy atom. The maximum absolute atomic E-state index is 11.6. The third-order valence-corrected chi connectivity index (χ3v) is 3.99. The van der Waals surface area contributed by atoms with Crippen molar-refractivity contribution in [3.05, 3.63) is 65.2 Å². The Balaban J connectivity index is 0.00000392. The van der Waals surface area contributed by atoms with Crippen molar-refractivity contribution in [3.8, 4) is 5.75 Å². The molecule has 0 saturated heterocycles. The second kappa shape index (κ2) is 12.2. The smallest absolute Gasteiger partial charge is 0.259 e. The summed E-state index contributed by atoms with van der Waals surface area (Å²) in [5.41, 5.74) is 3.49. The fraction of sp³-hybridized carbons (Fsp3) is 0.333. The maximum Gasteiger partial charge on any atom is 0.259 e. The van der Waals surface area contributed by atoms with Gasteiger partial charge in [-0.2, -0.15) is 0 Å². The number of carbonyl (C=O) groups is 1. The van der Waals surface area contributed by atoms with Gasteiger partial charge >= 0.3 is 0 Å². The highest BCUT2D eigenvalue weighted by Gasteiger charge is 2.06. The van der Waals surface area contributed by atoms with E-state index in [4.69, 9.17) is 4.74 Å². The molecule has 0 saturated carbocycles. The Bertz CT molecular complexity index is 793. The molecule has 0 aliphatic carbocycles. The quantitative estimate of drug-likeness (QED) is 0.352. The van der Waals surface area contributed by atoms with E-state index in [1.54, 1.807) is 21.1 Å². The number of amides is 1. The molecule has 2 aromatic carbocycles. The molecule has 0 aromatic heterocycles.